The largest absolute Gasteiger partial charge is 0.488 e. The summed E-state index contributed by atoms with van der Waals surface area (Å²) in [6, 6.07) is 16.3. The van der Waals surface area contributed by atoms with Crippen LogP contribution < -0.4 is 10.1 Å². The molecule has 0 saturated heterocycles. The van der Waals surface area contributed by atoms with Gasteiger partial charge in [0.25, 0.3) is 0 Å². The summed E-state index contributed by atoms with van der Waals surface area (Å²) < 4.78 is 17.0. The van der Waals surface area contributed by atoms with Crippen LogP contribution in [0.2, 0.25) is 0 Å². The van der Waals surface area contributed by atoms with Gasteiger partial charge in [0, 0.05) is 42.9 Å². The number of benzene rings is 2. The van der Waals surface area contributed by atoms with Gasteiger partial charge in [-0.15, -0.1) is 0 Å². The van der Waals surface area contributed by atoms with Crippen molar-refractivity contribution in [1.82, 2.24) is 9.97 Å². The first-order chi connectivity index (χ1) is 16.6. The maximum Gasteiger partial charge on any atom is 0.191 e. The average molecular weight is 461 g/mol. The van der Waals surface area contributed by atoms with E-state index < -0.39 is 6.29 Å². The van der Waals surface area contributed by atoms with Crippen molar-refractivity contribution in [2.45, 2.75) is 45.9 Å². The van der Waals surface area contributed by atoms with Crippen molar-refractivity contribution >= 4 is 17.7 Å². The molecule has 7 nitrogen and oxygen atoms in total. The second kappa shape index (κ2) is 11.7. The van der Waals surface area contributed by atoms with Crippen LogP contribution in [-0.2, 0) is 15.9 Å². The number of hydrogen-bond donors (Lipinski definition) is 1. The summed E-state index contributed by atoms with van der Waals surface area (Å²) in [5, 5.41) is 3.40. The zero-order valence-corrected chi connectivity index (χ0v) is 20.0. The molecule has 0 amide bonds. The number of aromatic nitrogens is 2. The number of nitrogens with one attached hydrogen (secondary N) is 1. The summed E-state index contributed by atoms with van der Waals surface area (Å²) in [7, 11) is 0. The van der Waals surface area contributed by atoms with Crippen LogP contribution in [0.3, 0.4) is 0 Å². The van der Waals surface area contributed by atoms with Crippen molar-refractivity contribution in [1.29, 1.82) is 0 Å². The second-order valence-corrected chi connectivity index (χ2v) is 8.15. The van der Waals surface area contributed by atoms with Gasteiger partial charge in [0.2, 0.25) is 0 Å². The quantitative estimate of drug-likeness (QED) is 0.407. The van der Waals surface area contributed by atoms with Crippen molar-refractivity contribution in [3.8, 4) is 17.1 Å². The summed E-state index contributed by atoms with van der Waals surface area (Å²) in [5.74, 6) is 2.05. The lowest BCUT2D eigenvalue weighted by molar-refractivity contribution is -0.152. The van der Waals surface area contributed by atoms with Crippen LogP contribution in [0.5, 0.6) is 5.75 Å². The molecule has 4 rings (SSSR count). The molecule has 2 aromatic carbocycles. The third-order valence-electron chi connectivity index (χ3n) is 5.56. The molecule has 1 N–H and O–H groups in total. The van der Waals surface area contributed by atoms with Crippen molar-refractivity contribution in [3.63, 3.8) is 0 Å². The van der Waals surface area contributed by atoms with E-state index in [1.165, 1.54) is 5.56 Å². The van der Waals surface area contributed by atoms with E-state index in [9.17, 15) is 0 Å². The second-order valence-electron chi connectivity index (χ2n) is 8.15. The van der Waals surface area contributed by atoms with E-state index in [2.05, 4.69) is 40.4 Å². The number of hydrogen-bond acceptors (Lipinski definition) is 7. The molecule has 34 heavy (non-hydrogen) atoms. The highest BCUT2D eigenvalue weighted by molar-refractivity contribution is 5.84. The zero-order valence-electron chi connectivity index (χ0n) is 20.0. The highest BCUT2D eigenvalue weighted by atomic mass is 16.7. The van der Waals surface area contributed by atoms with E-state index in [-0.39, 0.29) is 0 Å². The molecule has 0 bridgehead atoms. The highest BCUT2D eigenvalue weighted by Crippen LogP contribution is 2.25. The Balaban J connectivity index is 1.47. The predicted octanol–water partition coefficient (Wildman–Crippen LogP) is 5.42. The fourth-order valence-corrected chi connectivity index (χ4v) is 3.79. The van der Waals surface area contributed by atoms with E-state index >= 15 is 0 Å². The van der Waals surface area contributed by atoms with Crippen LogP contribution in [0.1, 0.15) is 38.3 Å². The van der Waals surface area contributed by atoms with E-state index in [1.54, 1.807) is 6.20 Å². The molecule has 1 aromatic heterocycles. The molecular weight excluding hydrogens is 428 g/mol. The van der Waals surface area contributed by atoms with Crippen molar-refractivity contribution in [2.24, 2.45) is 4.99 Å². The Morgan fingerprint density at radius 2 is 1.91 bits per heavy atom. The van der Waals surface area contributed by atoms with Crippen LogP contribution >= 0.6 is 0 Å². The monoisotopic (exact) mass is 460 g/mol. The molecule has 3 aromatic rings. The molecule has 0 aliphatic carbocycles. The topological polar surface area (TPSA) is 77.9 Å². The average Bonchev–Trinajstić information content (AvgIpc) is 3.04. The molecule has 2 heterocycles. The Morgan fingerprint density at radius 3 is 2.74 bits per heavy atom. The summed E-state index contributed by atoms with van der Waals surface area (Å²) >= 11 is 0. The zero-order chi connectivity index (χ0) is 23.8. The lowest BCUT2D eigenvalue weighted by atomic mass is 10.0. The van der Waals surface area contributed by atoms with Crippen LogP contribution in [0, 0.1) is 0 Å². The fraction of sp³-hybridized carbons (Fsp3) is 0.370. The van der Waals surface area contributed by atoms with Gasteiger partial charge in [-0.1, -0.05) is 18.2 Å². The number of fused-ring (bicyclic) bond motifs is 1. The molecule has 1 unspecified atom stereocenters. The van der Waals surface area contributed by atoms with Gasteiger partial charge in [-0.2, -0.15) is 0 Å². The third-order valence-corrected chi connectivity index (χ3v) is 5.56. The van der Waals surface area contributed by atoms with Gasteiger partial charge in [0.1, 0.15) is 18.2 Å². The number of anilines is 2. The standard InChI is InChI=1S/C27H32N4O3/c1-4-32-26(33-5-2)18-34-24-8-6-7-21(16-24)27-28-14-13-25(31-27)30-23-12-11-20-10-9-19(3)29-17-22(20)15-23/h6-8,11-17,19,26H,4-5,9-10,18H2,1-3H3,(H,28,30,31). The molecule has 1 aliphatic heterocycles. The van der Waals surface area contributed by atoms with Gasteiger partial charge >= 0.3 is 0 Å². The molecule has 178 valence electrons. The molecular formula is C27H32N4O3. The van der Waals surface area contributed by atoms with Gasteiger partial charge in [-0.25, -0.2) is 9.97 Å². The smallest absolute Gasteiger partial charge is 0.191 e. The minimum Gasteiger partial charge on any atom is -0.488 e. The van der Waals surface area contributed by atoms with E-state index in [0.717, 1.165) is 35.5 Å². The molecule has 1 atom stereocenters. The van der Waals surface area contributed by atoms with Crippen molar-refractivity contribution in [3.05, 3.63) is 65.9 Å². The number of rotatable bonds is 10. The molecule has 0 saturated carbocycles. The van der Waals surface area contributed by atoms with Gasteiger partial charge in [0.15, 0.2) is 12.1 Å². The van der Waals surface area contributed by atoms with Gasteiger partial charge in [-0.05, 0) is 75.1 Å². The van der Waals surface area contributed by atoms with Crippen molar-refractivity contribution < 1.29 is 14.2 Å². The van der Waals surface area contributed by atoms with Crippen LogP contribution in [0.4, 0.5) is 11.5 Å². The first kappa shape index (κ1) is 23.9. The number of aryl methyl sites for hydroxylation is 1. The van der Waals surface area contributed by atoms with Crippen molar-refractivity contribution in [2.75, 3.05) is 25.1 Å². The van der Waals surface area contributed by atoms with Crippen LogP contribution in [-0.4, -0.2) is 48.3 Å². The van der Waals surface area contributed by atoms with Gasteiger partial charge in [0.05, 0.1) is 0 Å². The SMILES string of the molecule is CCOC(COc1cccc(-c2nccc(Nc3ccc4c(c3)C=NC(C)CC4)n2)c1)OCC. The third kappa shape index (κ3) is 6.40. The minimum absolute atomic E-state index is 0.313. The summed E-state index contributed by atoms with van der Waals surface area (Å²) in [4.78, 5) is 13.8. The minimum atomic E-state index is -0.392. The van der Waals surface area contributed by atoms with Gasteiger partial charge in [-0.3, -0.25) is 4.99 Å². The summed E-state index contributed by atoms with van der Waals surface area (Å²) in [6.45, 7) is 7.47. The first-order valence-corrected chi connectivity index (χ1v) is 11.9. The van der Waals surface area contributed by atoms with E-state index in [1.807, 2.05) is 50.4 Å². The normalized spacial score (nSPS) is 15.1. The number of aliphatic imine (C=N–C) groups is 1. The van der Waals surface area contributed by atoms with E-state index in [4.69, 9.17) is 19.2 Å². The number of nitrogens with zero attached hydrogens (tertiary/aromatic N) is 3. The molecule has 0 spiro atoms. The van der Waals surface area contributed by atoms with Gasteiger partial charge < -0.3 is 19.5 Å². The molecule has 0 fully saturated rings. The summed E-state index contributed by atoms with van der Waals surface area (Å²) in [6.07, 6.45) is 5.47. The Bertz CT molecular complexity index is 1110. The summed E-state index contributed by atoms with van der Waals surface area (Å²) in [5.41, 5.74) is 4.33. The van der Waals surface area contributed by atoms with E-state index in [0.29, 0.717) is 37.4 Å². The fourth-order valence-electron chi connectivity index (χ4n) is 3.79. The Hall–Kier alpha value is -3.29. The Kier molecular flexibility index (Phi) is 8.22. The highest BCUT2D eigenvalue weighted by Gasteiger charge is 2.12. The Labute approximate surface area is 201 Å². The first-order valence-electron chi connectivity index (χ1n) is 11.9. The lowest BCUT2D eigenvalue weighted by Gasteiger charge is -2.17. The van der Waals surface area contributed by atoms with Crippen LogP contribution in [0.15, 0.2) is 59.7 Å². The van der Waals surface area contributed by atoms with Crippen LogP contribution in [0.25, 0.3) is 11.4 Å². The Morgan fingerprint density at radius 1 is 1.06 bits per heavy atom. The lowest BCUT2D eigenvalue weighted by Crippen LogP contribution is -2.25. The maximum atomic E-state index is 5.90. The maximum absolute atomic E-state index is 5.90. The molecule has 1 aliphatic rings. The predicted molar refractivity (Wildman–Crippen MR) is 135 cm³/mol. The molecule has 0 radical (unpaired) electrons. The number of ether oxygens (including phenoxy) is 3. The molecule has 7 heteroatoms.